The smallest absolute Gasteiger partial charge is 0.317 e. The van der Waals surface area contributed by atoms with E-state index < -0.39 is 0 Å². The summed E-state index contributed by atoms with van der Waals surface area (Å²) >= 11 is 1.66. The van der Waals surface area contributed by atoms with Gasteiger partial charge >= 0.3 is 6.03 Å². The van der Waals surface area contributed by atoms with Gasteiger partial charge in [-0.1, -0.05) is 42.1 Å². The van der Waals surface area contributed by atoms with E-state index in [1.165, 1.54) is 5.56 Å². The van der Waals surface area contributed by atoms with Gasteiger partial charge in [-0.3, -0.25) is 0 Å². The number of ether oxygens (including phenoxy) is 1. The van der Waals surface area contributed by atoms with Gasteiger partial charge in [-0.05, 0) is 5.56 Å². The lowest BCUT2D eigenvalue weighted by Gasteiger charge is -2.26. The lowest BCUT2D eigenvalue weighted by atomic mass is 10.2. The molecular weight excluding hydrogens is 338 g/mol. The zero-order valence-corrected chi connectivity index (χ0v) is 15.2. The second-order valence-electron chi connectivity index (χ2n) is 5.81. The molecule has 1 aliphatic rings. The number of hydrogen-bond acceptors (Lipinski definition) is 5. The zero-order chi connectivity index (χ0) is 17.5. The molecule has 0 unspecified atom stereocenters. The molecule has 0 aliphatic carbocycles. The van der Waals surface area contributed by atoms with Crippen LogP contribution in [-0.4, -0.2) is 58.5 Å². The van der Waals surface area contributed by atoms with E-state index in [4.69, 9.17) is 4.74 Å². The number of rotatable bonds is 6. The first-order valence-corrected chi connectivity index (χ1v) is 9.38. The predicted octanol–water partition coefficient (Wildman–Crippen LogP) is 1.69. The molecule has 1 saturated heterocycles. The fourth-order valence-electron chi connectivity index (χ4n) is 2.57. The Morgan fingerprint density at radius 2 is 2.00 bits per heavy atom. The number of morpholine rings is 1. The van der Waals surface area contributed by atoms with Crippen molar-refractivity contribution in [3.05, 3.63) is 41.7 Å². The monoisotopic (exact) mass is 361 g/mol. The number of amides is 2. The van der Waals surface area contributed by atoms with Gasteiger partial charge in [0.05, 0.1) is 13.2 Å². The first-order chi connectivity index (χ1) is 12.2. The Morgan fingerprint density at radius 3 is 2.76 bits per heavy atom. The maximum Gasteiger partial charge on any atom is 0.317 e. The molecule has 7 nitrogen and oxygen atoms in total. The number of nitrogens with one attached hydrogen (secondary N) is 1. The number of carbonyl (C=O) groups excluding carboxylic acids is 1. The van der Waals surface area contributed by atoms with E-state index in [1.54, 1.807) is 16.7 Å². The van der Waals surface area contributed by atoms with Crippen LogP contribution in [0.1, 0.15) is 11.4 Å². The average Bonchev–Trinajstić information content (AvgIpc) is 3.01. The van der Waals surface area contributed by atoms with E-state index in [9.17, 15) is 4.79 Å². The maximum absolute atomic E-state index is 12.1. The minimum Gasteiger partial charge on any atom is -0.378 e. The van der Waals surface area contributed by atoms with Gasteiger partial charge in [0.2, 0.25) is 0 Å². The van der Waals surface area contributed by atoms with Crippen LogP contribution in [0.5, 0.6) is 0 Å². The summed E-state index contributed by atoms with van der Waals surface area (Å²) < 4.78 is 7.25. The quantitative estimate of drug-likeness (QED) is 0.793. The van der Waals surface area contributed by atoms with Crippen molar-refractivity contribution in [1.29, 1.82) is 0 Å². The lowest BCUT2D eigenvalue weighted by molar-refractivity contribution is 0.0532. The first kappa shape index (κ1) is 17.8. The van der Waals surface area contributed by atoms with Gasteiger partial charge in [-0.25, -0.2) is 4.79 Å². The minimum absolute atomic E-state index is 0.0378. The third-order valence-corrected chi connectivity index (χ3v) is 5.15. The summed E-state index contributed by atoms with van der Waals surface area (Å²) in [6.45, 7) is 3.06. The second-order valence-corrected chi connectivity index (χ2v) is 6.76. The van der Waals surface area contributed by atoms with Crippen LogP contribution in [0.15, 0.2) is 35.5 Å². The van der Waals surface area contributed by atoms with Crippen molar-refractivity contribution in [2.24, 2.45) is 7.05 Å². The summed E-state index contributed by atoms with van der Waals surface area (Å²) in [6, 6.07) is 10.3. The fraction of sp³-hybridized carbons (Fsp3) is 0.471. The summed E-state index contributed by atoms with van der Waals surface area (Å²) in [5.74, 6) is 1.73. The number of benzene rings is 1. The molecule has 1 aliphatic heterocycles. The van der Waals surface area contributed by atoms with Crippen LogP contribution in [0.2, 0.25) is 0 Å². The van der Waals surface area contributed by atoms with Gasteiger partial charge in [0.25, 0.3) is 0 Å². The summed E-state index contributed by atoms with van der Waals surface area (Å²) in [6.07, 6.45) is 0.658. The normalized spacial score (nSPS) is 14.5. The Labute approximate surface area is 151 Å². The molecule has 1 N–H and O–H groups in total. The van der Waals surface area contributed by atoms with Gasteiger partial charge in [0.1, 0.15) is 5.82 Å². The average molecular weight is 361 g/mol. The van der Waals surface area contributed by atoms with E-state index in [1.807, 2.05) is 29.8 Å². The molecule has 134 valence electrons. The van der Waals surface area contributed by atoms with Gasteiger partial charge in [0.15, 0.2) is 5.16 Å². The topological polar surface area (TPSA) is 72.3 Å². The molecular formula is C17H23N5O2S. The van der Waals surface area contributed by atoms with Crippen molar-refractivity contribution in [2.75, 3.05) is 32.8 Å². The first-order valence-electron chi connectivity index (χ1n) is 8.39. The highest BCUT2D eigenvalue weighted by atomic mass is 32.2. The fourth-order valence-corrected chi connectivity index (χ4v) is 3.46. The van der Waals surface area contributed by atoms with Gasteiger partial charge in [0, 0.05) is 38.9 Å². The van der Waals surface area contributed by atoms with E-state index in [-0.39, 0.29) is 6.03 Å². The molecule has 0 radical (unpaired) electrons. The molecule has 2 aromatic rings. The maximum atomic E-state index is 12.1. The molecule has 0 spiro atoms. The minimum atomic E-state index is -0.0378. The summed E-state index contributed by atoms with van der Waals surface area (Å²) in [7, 11) is 1.96. The van der Waals surface area contributed by atoms with Crippen molar-refractivity contribution in [1.82, 2.24) is 25.0 Å². The Bertz CT molecular complexity index is 686. The van der Waals surface area contributed by atoms with Crippen molar-refractivity contribution < 1.29 is 9.53 Å². The highest BCUT2D eigenvalue weighted by Crippen LogP contribution is 2.20. The molecule has 1 fully saturated rings. The molecule has 0 atom stereocenters. The van der Waals surface area contributed by atoms with Crippen LogP contribution in [-0.2, 0) is 24.0 Å². The standard InChI is InChI=1S/C17H23N5O2S/c1-21-15(7-8-18-16(23)22-9-11-24-12-10-22)19-20-17(21)25-13-14-5-3-2-4-6-14/h2-6H,7-13H2,1H3,(H,18,23). The van der Waals surface area contributed by atoms with Crippen LogP contribution < -0.4 is 5.32 Å². The third-order valence-electron chi connectivity index (χ3n) is 4.06. The van der Waals surface area contributed by atoms with Gasteiger partial charge in [-0.15, -0.1) is 10.2 Å². The van der Waals surface area contributed by atoms with Crippen LogP contribution in [0.3, 0.4) is 0 Å². The molecule has 0 bridgehead atoms. The molecule has 2 heterocycles. The van der Waals surface area contributed by atoms with Crippen LogP contribution in [0.4, 0.5) is 4.79 Å². The Balaban J connectivity index is 1.45. The number of aromatic nitrogens is 3. The van der Waals surface area contributed by atoms with Crippen LogP contribution in [0.25, 0.3) is 0 Å². The van der Waals surface area contributed by atoms with Gasteiger partial charge < -0.3 is 19.5 Å². The van der Waals surface area contributed by atoms with E-state index in [2.05, 4.69) is 27.6 Å². The largest absolute Gasteiger partial charge is 0.378 e. The summed E-state index contributed by atoms with van der Waals surface area (Å²) in [5, 5.41) is 12.3. The van der Waals surface area contributed by atoms with E-state index >= 15 is 0 Å². The Hall–Kier alpha value is -2.06. The van der Waals surface area contributed by atoms with E-state index in [0.29, 0.717) is 39.3 Å². The van der Waals surface area contributed by atoms with Crippen molar-refractivity contribution in [2.45, 2.75) is 17.3 Å². The molecule has 1 aromatic heterocycles. The summed E-state index contributed by atoms with van der Waals surface area (Å²) in [4.78, 5) is 13.8. The van der Waals surface area contributed by atoms with Crippen molar-refractivity contribution in [3.8, 4) is 0 Å². The molecule has 1 aromatic carbocycles. The highest BCUT2D eigenvalue weighted by molar-refractivity contribution is 7.98. The molecule has 3 rings (SSSR count). The number of hydrogen-bond donors (Lipinski definition) is 1. The number of carbonyl (C=O) groups is 1. The Kier molecular flexibility index (Phi) is 6.30. The predicted molar refractivity (Wildman–Crippen MR) is 96.5 cm³/mol. The molecule has 8 heteroatoms. The molecule has 2 amide bonds. The SMILES string of the molecule is Cn1c(CCNC(=O)N2CCOCC2)nnc1SCc1ccccc1. The Morgan fingerprint density at radius 1 is 1.24 bits per heavy atom. The number of thioether (sulfide) groups is 1. The van der Waals surface area contributed by atoms with Crippen molar-refractivity contribution >= 4 is 17.8 Å². The third kappa shape index (κ3) is 4.96. The molecule has 25 heavy (non-hydrogen) atoms. The van der Waals surface area contributed by atoms with Crippen molar-refractivity contribution in [3.63, 3.8) is 0 Å². The number of urea groups is 1. The van der Waals surface area contributed by atoms with Gasteiger partial charge in [-0.2, -0.15) is 0 Å². The summed E-state index contributed by atoms with van der Waals surface area (Å²) in [5.41, 5.74) is 1.26. The second kappa shape index (κ2) is 8.87. The van der Waals surface area contributed by atoms with E-state index in [0.717, 1.165) is 16.7 Å². The zero-order valence-electron chi connectivity index (χ0n) is 14.4. The molecule has 0 saturated carbocycles. The highest BCUT2D eigenvalue weighted by Gasteiger charge is 2.16. The van der Waals surface area contributed by atoms with Crippen LogP contribution >= 0.6 is 11.8 Å². The lowest BCUT2D eigenvalue weighted by Crippen LogP contribution is -2.46. The number of nitrogens with zero attached hydrogens (tertiary/aromatic N) is 4. The van der Waals surface area contributed by atoms with Crippen LogP contribution in [0, 0.1) is 0 Å².